The summed E-state index contributed by atoms with van der Waals surface area (Å²) in [6, 6.07) is 8.04. The van der Waals surface area contributed by atoms with Crippen LogP contribution in [0.4, 0.5) is 0 Å². The van der Waals surface area contributed by atoms with Gasteiger partial charge in [0.1, 0.15) is 5.78 Å². The summed E-state index contributed by atoms with van der Waals surface area (Å²) < 4.78 is 1.09. The standard InChI is InChI=1S/C11H13BrO/c1-8(7-9(2)13)10-5-3-4-6-11(10)12/h3-6,8H,7H2,1-2H3/t8-/m0/s1. The highest BCUT2D eigenvalue weighted by Gasteiger charge is 2.10. The van der Waals surface area contributed by atoms with E-state index in [0.29, 0.717) is 12.3 Å². The first-order valence-electron chi connectivity index (χ1n) is 4.35. The highest BCUT2D eigenvalue weighted by atomic mass is 79.9. The Morgan fingerprint density at radius 3 is 2.62 bits per heavy atom. The fourth-order valence-corrected chi connectivity index (χ4v) is 2.09. The van der Waals surface area contributed by atoms with E-state index in [4.69, 9.17) is 0 Å². The molecule has 1 aromatic carbocycles. The minimum atomic E-state index is 0.239. The number of Topliss-reactive ketones (excluding diaryl/α,β-unsaturated/α-hetero) is 1. The van der Waals surface area contributed by atoms with Crippen LogP contribution in [0.3, 0.4) is 0 Å². The zero-order valence-corrected chi connectivity index (χ0v) is 9.47. The normalized spacial score (nSPS) is 12.5. The lowest BCUT2D eigenvalue weighted by Gasteiger charge is -2.11. The predicted molar refractivity (Wildman–Crippen MR) is 57.9 cm³/mol. The molecule has 0 fully saturated rings. The van der Waals surface area contributed by atoms with Crippen molar-refractivity contribution in [2.75, 3.05) is 0 Å². The molecule has 0 unspecified atom stereocenters. The van der Waals surface area contributed by atoms with Gasteiger partial charge in [0.25, 0.3) is 0 Å². The van der Waals surface area contributed by atoms with Gasteiger partial charge in [0.05, 0.1) is 0 Å². The molecule has 0 bridgehead atoms. The molecular formula is C11H13BrO. The van der Waals surface area contributed by atoms with E-state index in [1.54, 1.807) is 6.92 Å². The van der Waals surface area contributed by atoms with Crippen molar-refractivity contribution in [2.45, 2.75) is 26.2 Å². The number of carbonyl (C=O) groups is 1. The van der Waals surface area contributed by atoms with Crippen molar-refractivity contribution in [2.24, 2.45) is 0 Å². The highest BCUT2D eigenvalue weighted by Crippen LogP contribution is 2.26. The van der Waals surface area contributed by atoms with Gasteiger partial charge in [0.2, 0.25) is 0 Å². The lowest BCUT2D eigenvalue weighted by molar-refractivity contribution is -0.117. The SMILES string of the molecule is CC(=O)C[C@H](C)c1ccccc1Br. The van der Waals surface area contributed by atoms with Gasteiger partial charge in [-0.15, -0.1) is 0 Å². The third-order valence-corrected chi connectivity index (χ3v) is 2.75. The van der Waals surface area contributed by atoms with Gasteiger partial charge in [-0.25, -0.2) is 0 Å². The summed E-state index contributed by atoms with van der Waals surface area (Å²) in [6.07, 6.45) is 0.614. The van der Waals surface area contributed by atoms with Crippen molar-refractivity contribution in [3.63, 3.8) is 0 Å². The summed E-state index contributed by atoms with van der Waals surface area (Å²) in [6.45, 7) is 3.70. The van der Waals surface area contributed by atoms with Crippen LogP contribution in [0, 0.1) is 0 Å². The number of carbonyl (C=O) groups excluding carboxylic acids is 1. The molecule has 0 N–H and O–H groups in total. The summed E-state index contributed by atoms with van der Waals surface area (Å²) in [4.78, 5) is 10.9. The molecule has 70 valence electrons. The highest BCUT2D eigenvalue weighted by molar-refractivity contribution is 9.10. The topological polar surface area (TPSA) is 17.1 Å². The van der Waals surface area contributed by atoms with E-state index in [2.05, 4.69) is 28.9 Å². The Bertz CT molecular complexity index is 307. The fraction of sp³-hybridized carbons (Fsp3) is 0.364. The number of halogens is 1. The van der Waals surface area contributed by atoms with Crippen LogP contribution in [-0.4, -0.2) is 5.78 Å². The molecule has 0 spiro atoms. The second-order valence-electron chi connectivity index (χ2n) is 3.33. The molecule has 2 heteroatoms. The second-order valence-corrected chi connectivity index (χ2v) is 4.18. The molecule has 0 aromatic heterocycles. The molecule has 13 heavy (non-hydrogen) atoms. The van der Waals surface area contributed by atoms with Crippen LogP contribution in [0.5, 0.6) is 0 Å². The predicted octanol–water partition coefficient (Wildman–Crippen LogP) is 3.53. The number of rotatable bonds is 3. The average molecular weight is 241 g/mol. The van der Waals surface area contributed by atoms with Gasteiger partial charge in [0.15, 0.2) is 0 Å². The van der Waals surface area contributed by atoms with Gasteiger partial charge in [-0.05, 0) is 24.5 Å². The summed E-state index contributed by atoms with van der Waals surface area (Å²) in [7, 11) is 0. The molecule has 0 heterocycles. The van der Waals surface area contributed by atoms with Crippen LogP contribution in [0.2, 0.25) is 0 Å². The van der Waals surface area contributed by atoms with Crippen LogP contribution >= 0.6 is 15.9 Å². The lowest BCUT2D eigenvalue weighted by Crippen LogP contribution is -2.00. The minimum absolute atomic E-state index is 0.239. The Morgan fingerprint density at radius 1 is 1.46 bits per heavy atom. The molecule has 0 aliphatic rings. The van der Waals surface area contributed by atoms with E-state index in [9.17, 15) is 4.79 Å². The molecule has 0 saturated carbocycles. The Balaban J connectivity index is 2.82. The van der Waals surface area contributed by atoms with Gasteiger partial charge >= 0.3 is 0 Å². The zero-order valence-electron chi connectivity index (χ0n) is 7.88. The first-order valence-corrected chi connectivity index (χ1v) is 5.14. The Labute approximate surface area is 87.3 Å². The molecule has 0 aliphatic carbocycles. The Kier molecular flexibility index (Phi) is 3.67. The zero-order chi connectivity index (χ0) is 9.84. The number of benzene rings is 1. The van der Waals surface area contributed by atoms with Crippen molar-refractivity contribution in [1.29, 1.82) is 0 Å². The maximum Gasteiger partial charge on any atom is 0.130 e. The van der Waals surface area contributed by atoms with E-state index in [-0.39, 0.29) is 5.78 Å². The third-order valence-electron chi connectivity index (χ3n) is 2.03. The number of hydrogen-bond acceptors (Lipinski definition) is 1. The number of ketones is 1. The van der Waals surface area contributed by atoms with Crippen molar-refractivity contribution in [3.8, 4) is 0 Å². The fourth-order valence-electron chi connectivity index (χ4n) is 1.42. The maximum absolute atomic E-state index is 10.9. The van der Waals surface area contributed by atoms with Crippen LogP contribution in [0.1, 0.15) is 31.7 Å². The molecule has 0 radical (unpaired) electrons. The van der Waals surface area contributed by atoms with E-state index < -0.39 is 0 Å². The lowest BCUT2D eigenvalue weighted by atomic mass is 9.96. The molecular weight excluding hydrogens is 228 g/mol. The summed E-state index contributed by atoms with van der Waals surface area (Å²) in [5.41, 5.74) is 1.21. The van der Waals surface area contributed by atoms with Crippen molar-refractivity contribution >= 4 is 21.7 Å². The first-order chi connectivity index (χ1) is 6.11. The molecule has 1 rings (SSSR count). The van der Waals surface area contributed by atoms with Crippen LogP contribution in [0.25, 0.3) is 0 Å². The van der Waals surface area contributed by atoms with Crippen molar-refractivity contribution < 1.29 is 4.79 Å². The third kappa shape index (κ3) is 2.96. The monoisotopic (exact) mass is 240 g/mol. The van der Waals surface area contributed by atoms with Crippen LogP contribution in [-0.2, 0) is 4.79 Å². The number of hydrogen-bond donors (Lipinski definition) is 0. The van der Waals surface area contributed by atoms with E-state index in [0.717, 1.165) is 4.47 Å². The molecule has 0 amide bonds. The van der Waals surface area contributed by atoms with Gasteiger partial charge in [-0.3, -0.25) is 0 Å². The summed E-state index contributed by atoms with van der Waals surface area (Å²) in [5.74, 6) is 0.538. The average Bonchev–Trinajstić information content (AvgIpc) is 2.03. The van der Waals surface area contributed by atoms with E-state index >= 15 is 0 Å². The summed E-state index contributed by atoms with van der Waals surface area (Å²) >= 11 is 3.48. The quantitative estimate of drug-likeness (QED) is 0.791. The molecule has 1 aromatic rings. The molecule has 0 aliphatic heterocycles. The Hall–Kier alpha value is -0.630. The van der Waals surface area contributed by atoms with Gasteiger partial charge < -0.3 is 4.79 Å². The van der Waals surface area contributed by atoms with Crippen molar-refractivity contribution in [1.82, 2.24) is 0 Å². The molecule has 0 saturated heterocycles. The van der Waals surface area contributed by atoms with Gasteiger partial charge in [0, 0.05) is 10.9 Å². The first kappa shape index (κ1) is 10.5. The van der Waals surface area contributed by atoms with Gasteiger partial charge in [-0.2, -0.15) is 0 Å². The maximum atomic E-state index is 10.9. The van der Waals surface area contributed by atoms with Crippen LogP contribution in [0.15, 0.2) is 28.7 Å². The van der Waals surface area contributed by atoms with E-state index in [1.807, 2.05) is 18.2 Å². The largest absolute Gasteiger partial charge is 0.300 e. The van der Waals surface area contributed by atoms with Crippen molar-refractivity contribution in [3.05, 3.63) is 34.3 Å². The minimum Gasteiger partial charge on any atom is -0.300 e. The summed E-state index contributed by atoms with van der Waals surface area (Å²) in [5, 5.41) is 0. The smallest absolute Gasteiger partial charge is 0.130 e. The molecule has 1 nitrogen and oxygen atoms in total. The second kappa shape index (κ2) is 4.56. The van der Waals surface area contributed by atoms with E-state index in [1.165, 1.54) is 5.56 Å². The van der Waals surface area contributed by atoms with Gasteiger partial charge in [-0.1, -0.05) is 41.1 Å². The van der Waals surface area contributed by atoms with Crippen LogP contribution < -0.4 is 0 Å². The Morgan fingerprint density at radius 2 is 2.08 bits per heavy atom. The molecule has 1 atom stereocenters.